The van der Waals surface area contributed by atoms with E-state index in [1.54, 1.807) is 0 Å². The molecule has 4 nitrogen and oxygen atoms in total. The van der Waals surface area contributed by atoms with Crippen molar-refractivity contribution in [3.05, 3.63) is 46.0 Å². The molecule has 0 saturated carbocycles. The van der Waals surface area contributed by atoms with E-state index >= 15 is 0 Å². The second kappa shape index (κ2) is 6.61. The van der Waals surface area contributed by atoms with Crippen molar-refractivity contribution in [3.63, 3.8) is 0 Å². The van der Waals surface area contributed by atoms with Gasteiger partial charge >= 0.3 is 0 Å². The first kappa shape index (κ1) is 13.9. The molecular weight excluding hydrogens is 308 g/mol. The van der Waals surface area contributed by atoms with Crippen LogP contribution < -0.4 is 0 Å². The van der Waals surface area contributed by atoms with Crippen LogP contribution in [0.1, 0.15) is 37.0 Å². The Kier molecular flexibility index (Phi) is 4.85. The number of hydrogen-bond acceptors (Lipinski definition) is 4. The van der Waals surface area contributed by atoms with Gasteiger partial charge in [-0.05, 0) is 24.1 Å². The molecule has 2 rings (SSSR count). The molecule has 1 aromatic carbocycles. The molecular formula is C14H15BrN2O2. The maximum absolute atomic E-state index is 11.5. The van der Waals surface area contributed by atoms with Crippen molar-refractivity contribution in [1.82, 2.24) is 10.1 Å². The van der Waals surface area contributed by atoms with Crippen LogP contribution in [0.4, 0.5) is 0 Å². The summed E-state index contributed by atoms with van der Waals surface area (Å²) < 4.78 is 6.11. The summed E-state index contributed by atoms with van der Waals surface area (Å²) in [5, 5.41) is 3.90. The number of halogens is 1. The summed E-state index contributed by atoms with van der Waals surface area (Å²) in [7, 11) is 0. The van der Waals surface area contributed by atoms with Crippen molar-refractivity contribution in [2.24, 2.45) is 0 Å². The standard InChI is InChI=1S/C14H15BrN2O2/c1-2-4-12(18)9-14-16-13(17-19-14)8-10-5-3-6-11(15)7-10/h3,5-7H,2,4,8-9H2,1H3. The number of rotatable bonds is 6. The monoisotopic (exact) mass is 322 g/mol. The average Bonchev–Trinajstić information content (AvgIpc) is 2.76. The smallest absolute Gasteiger partial charge is 0.234 e. The van der Waals surface area contributed by atoms with Gasteiger partial charge in [0.25, 0.3) is 0 Å². The average molecular weight is 323 g/mol. The third kappa shape index (κ3) is 4.28. The molecule has 0 unspecified atom stereocenters. The van der Waals surface area contributed by atoms with Crippen molar-refractivity contribution in [2.45, 2.75) is 32.6 Å². The first-order chi connectivity index (χ1) is 9.17. The molecule has 0 aliphatic heterocycles. The molecule has 100 valence electrons. The highest BCUT2D eigenvalue weighted by Gasteiger charge is 2.11. The van der Waals surface area contributed by atoms with Crippen molar-refractivity contribution < 1.29 is 9.32 Å². The van der Waals surface area contributed by atoms with Crippen LogP contribution in [0.5, 0.6) is 0 Å². The van der Waals surface area contributed by atoms with Crippen LogP contribution in [0, 0.1) is 0 Å². The molecule has 0 bridgehead atoms. The van der Waals surface area contributed by atoms with Crippen molar-refractivity contribution in [1.29, 1.82) is 0 Å². The summed E-state index contributed by atoms with van der Waals surface area (Å²) in [4.78, 5) is 15.7. The van der Waals surface area contributed by atoms with E-state index in [1.807, 2.05) is 31.2 Å². The van der Waals surface area contributed by atoms with Gasteiger partial charge < -0.3 is 4.52 Å². The Morgan fingerprint density at radius 3 is 3.00 bits per heavy atom. The quantitative estimate of drug-likeness (QED) is 0.818. The predicted molar refractivity (Wildman–Crippen MR) is 74.9 cm³/mol. The Balaban J connectivity index is 1.99. The summed E-state index contributed by atoms with van der Waals surface area (Å²) in [6, 6.07) is 7.95. The molecule has 1 heterocycles. The lowest BCUT2D eigenvalue weighted by Crippen LogP contribution is -2.02. The predicted octanol–water partition coefficient (Wildman–Crippen LogP) is 3.33. The highest BCUT2D eigenvalue weighted by Crippen LogP contribution is 2.14. The number of aromatic nitrogens is 2. The van der Waals surface area contributed by atoms with Gasteiger partial charge in [-0.25, -0.2) is 0 Å². The van der Waals surface area contributed by atoms with E-state index in [-0.39, 0.29) is 12.2 Å². The molecule has 0 atom stereocenters. The SMILES string of the molecule is CCCC(=O)Cc1nc(Cc2cccc(Br)c2)no1. The number of carbonyl (C=O) groups is 1. The van der Waals surface area contributed by atoms with Crippen LogP contribution in [-0.4, -0.2) is 15.9 Å². The van der Waals surface area contributed by atoms with Crippen LogP contribution in [0.25, 0.3) is 0 Å². The molecule has 0 aliphatic carbocycles. The van der Waals surface area contributed by atoms with Crippen molar-refractivity contribution >= 4 is 21.7 Å². The first-order valence-electron chi connectivity index (χ1n) is 6.25. The fourth-order valence-corrected chi connectivity index (χ4v) is 2.25. The lowest BCUT2D eigenvalue weighted by Gasteiger charge is -1.96. The number of benzene rings is 1. The Hall–Kier alpha value is -1.49. The topological polar surface area (TPSA) is 56.0 Å². The number of Topliss-reactive ketones (excluding diaryl/α,β-unsaturated/α-hetero) is 1. The molecule has 0 radical (unpaired) electrons. The number of ketones is 1. The largest absolute Gasteiger partial charge is 0.339 e. The van der Waals surface area contributed by atoms with Crippen LogP contribution >= 0.6 is 15.9 Å². The third-order valence-electron chi connectivity index (χ3n) is 2.64. The maximum Gasteiger partial charge on any atom is 0.234 e. The van der Waals surface area contributed by atoms with Gasteiger partial charge in [-0.2, -0.15) is 4.98 Å². The van der Waals surface area contributed by atoms with Crippen molar-refractivity contribution in [3.8, 4) is 0 Å². The van der Waals surface area contributed by atoms with Gasteiger partial charge in [0.15, 0.2) is 5.82 Å². The van der Waals surface area contributed by atoms with Crippen LogP contribution in [0.3, 0.4) is 0 Å². The van der Waals surface area contributed by atoms with E-state index in [1.165, 1.54) is 0 Å². The van der Waals surface area contributed by atoms with Gasteiger partial charge in [-0.3, -0.25) is 4.79 Å². The van der Waals surface area contributed by atoms with Gasteiger partial charge in [-0.15, -0.1) is 0 Å². The van der Waals surface area contributed by atoms with Gasteiger partial charge in [0.1, 0.15) is 5.78 Å². The molecule has 0 fully saturated rings. The minimum Gasteiger partial charge on any atom is -0.339 e. The molecule has 19 heavy (non-hydrogen) atoms. The van der Waals surface area contributed by atoms with Crippen LogP contribution in [-0.2, 0) is 17.6 Å². The van der Waals surface area contributed by atoms with E-state index in [0.29, 0.717) is 24.6 Å². The van der Waals surface area contributed by atoms with Gasteiger partial charge in [0, 0.05) is 17.3 Å². The van der Waals surface area contributed by atoms with Crippen LogP contribution in [0.2, 0.25) is 0 Å². The first-order valence-corrected chi connectivity index (χ1v) is 7.04. The minimum atomic E-state index is 0.139. The Morgan fingerprint density at radius 2 is 2.26 bits per heavy atom. The molecule has 1 aromatic heterocycles. The second-order valence-corrected chi connectivity index (χ2v) is 5.29. The molecule has 0 aliphatic rings. The Labute approximate surface area is 120 Å². The van der Waals surface area contributed by atoms with Crippen molar-refractivity contribution in [2.75, 3.05) is 0 Å². The zero-order valence-electron chi connectivity index (χ0n) is 10.7. The van der Waals surface area contributed by atoms with E-state index in [0.717, 1.165) is 16.5 Å². The van der Waals surface area contributed by atoms with E-state index in [2.05, 4.69) is 26.1 Å². The normalized spacial score (nSPS) is 10.6. The highest BCUT2D eigenvalue weighted by atomic mass is 79.9. The summed E-state index contributed by atoms with van der Waals surface area (Å²) in [5.41, 5.74) is 1.10. The lowest BCUT2D eigenvalue weighted by molar-refractivity contribution is -0.118. The fraction of sp³-hybridized carbons (Fsp3) is 0.357. The Bertz CT molecular complexity index is 566. The van der Waals surface area contributed by atoms with Gasteiger partial charge in [0.05, 0.1) is 6.42 Å². The van der Waals surface area contributed by atoms with E-state index in [9.17, 15) is 4.79 Å². The van der Waals surface area contributed by atoms with Crippen LogP contribution in [0.15, 0.2) is 33.3 Å². The molecule has 2 aromatic rings. The van der Waals surface area contributed by atoms with Gasteiger partial charge in [0.2, 0.25) is 5.89 Å². The molecule has 0 spiro atoms. The van der Waals surface area contributed by atoms with Gasteiger partial charge in [-0.1, -0.05) is 40.1 Å². The number of carbonyl (C=O) groups excluding carboxylic acids is 1. The summed E-state index contributed by atoms with van der Waals surface area (Å²) in [6.07, 6.45) is 2.24. The summed E-state index contributed by atoms with van der Waals surface area (Å²) in [5.74, 6) is 1.15. The van der Waals surface area contributed by atoms with E-state index in [4.69, 9.17) is 4.52 Å². The zero-order valence-corrected chi connectivity index (χ0v) is 12.3. The minimum absolute atomic E-state index is 0.139. The fourth-order valence-electron chi connectivity index (χ4n) is 1.80. The highest BCUT2D eigenvalue weighted by molar-refractivity contribution is 9.10. The molecule has 0 N–H and O–H groups in total. The summed E-state index contributed by atoms with van der Waals surface area (Å²) >= 11 is 3.42. The number of nitrogens with zero attached hydrogens (tertiary/aromatic N) is 2. The Morgan fingerprint density at radius 1 is 1.42 bits per heavy atom. The molecule has 5 heteroatoms. The zero-order chi connectivity index (χ0) is 13.7. The number of hydrogen-bond donors (Lipinski definition) is 0. The third-order valence-corrected chi connectivity index (χ3v) is 3.13. The second-order valence-electron chi connectivity index (χ2n) is 4.38. The van der Waals surface area contributed by atoms with E-state index < -0.39 is 0 Å². The molecule has 0 amide bonds. The lowest BCUT2D eigenvalue weighted by atomic mass is 10.1. The summed E-state index contributed by atoms with van der Waals surface area (Å²) in [6.45, 7) is 1.98. The maximum atomic E-state index is 11.5. The molecule has 0 saturated heterocycles.